The molecule has 2 atom stereocenters. The van der Waals surface area contributed by atoms with Crippen LogP contribution >= 0.6 is 11.6 Å². The maximum Gasteiger partial charge on any atom is 0.304 e. The Morgan fingerprint density at radius 1 is 1.33 bits per heavy atom. The first-order valence-corrected chi connectivity index (χ1v) is 9.12. The molecule has 6 heteroatoms. The zero-order chi connectivity index (χ0) is 20.4. The van der Waals surface area contributed by atoms with Gasteiger partial charge in [-0.25, -0.2) is 0 Å². The van der Waals surface area contributed by atoms with Gasteiger partial charge in [0.15, 0.2) is 0 Å². The van der Waals surface area contributed by atoms with Gasteiger partial charge in [0.2, 0.25) is 17.2 Å². The van der Waals surface area contributed by atoms with Crippen LogP contribution in [0.4, 0.5) is 0 Å². The van der Waals surface area contributed by atoms with E-state index in [0.717, 1.165) is 18.9 Å². The molecule has 5 nitrogen and oxygen atoms in total. The van der Waals surface area contributed by atoms with Crippen LogP contribution in [0, 0.1) is 5.92 Å². The van der Waals surface area contributed by atoms with Crippen LogP contribution in [0.25, 0.3) is 0 Å². The average molecular weight is 391 g/mol. The number of carbonyl (C=O) groups is 3. The van der Waals surface area contributed by atoms with Gasteiger partial charge in [-0.3, -0.25) is 14.4 Å². The van der Waals surface area contributed by atoms with E-state index >= 15 is 0 Å². The van der Waals surface area contributed by atoms with Crippen molar-refractivity contribution in [2.45, 2.75) is 46.6 Å². The van der Waals surface area contributed by atoms with Gasteiger partial charge in [0.05, 0.1) is 10.6 Å². The lowest BCUT2D eigenvalue weighted by molar-refractivity contribution is -0.167. The summed E-state index contributed by atoms with van der Waals surface area (Å²) in [5, 5.41) is -0.161. The third-order valence-corrected chi connectivity index (χ3v) is 4.86. The minimum Gasteiger partial charge on any atom is -0.464 e. The lowest BCUT2D eigenvalue weighted by atomic mass is 9.80. The molecule has 2 aliphatic rings. The molecular weight excluding hydrogens is 368 g/mol. The van der Waals surface area contributed by atoms with Crippen molar-refractivity contribution in [2.24, 2.45) is 5.92 Å². The molecule has 0 saturated heterocycles. The predicted molar refractivity (Wildman–Crippen MR) is 103 cm³/mol. The molecule has 1 aliphatic carbocycles. The average Bonchev–Trinajstić information content (AvgIpc) is 2.62. The van der Waals surface area contributed by atoms with Crippen molar-refractivity contribution < 1.29 is 23.9 Å². The molecule has 0 saturated carbocycles. The smallest absolute Gasteiger partial charge is 0.304 e. The molecule has 0 amide bonds. The van der Waals surface area contributed by atoms with Gasteiger partial charge in [-0.15, -0.1) is 0 Å². The molecule has 1 aliphatic heterocycles. The molecule has 0 N–H and O–H groups in total. The summed E-state index contributed by atoms with van der Waals surface area (Å²) in [5.41, 5.74) is -0.529. The Bertz CT molecular complexity index is 841. The second-order valence-electron chi connectivity index (χ2n) is 6.84. The van der Waals surface area contributed by atoms with Crippen molar-refractivity contribution in [3.05, 3.63) is 58.1 Å². The minimum atomic E-state index is -1.97. The van der Waals surface area contributed by atoms with Crippen molar-refractivity contribution >= 4 is 29.1 Å². The van der Waals surface area contributed by atoms with Crippen LogP contribution in [0.1, 0.15) is 41.0 Å². The van der Waals surface area contributed by atoms with Gasteiger partial charge in [-0.1, -0.05) is 49.6 Å². The van der Waals surface area contributed by atoms with Gasteiger partial charge < -0.3 is 9.47 Å². The molecule has 0 aromatic carbocycles. The third-order valence-electron chi connectivity index (χ3n) is 4.49. The van der Waals surface area contributed by atoms with Crippen molar-refractivity contribution in [3.63, 3.8) is 0 Å². The van der Waals surface area contributed by atoms with E-state index in [1.54, 1.807) is 6.08 Å². The van der Waals surface area contributed by atoms with Crippen molar-refractivity contribution in [1.29, 1.82) is 0 Å². The second kappa shape index (κ2) is 8.09. The van der Waals surface area contributed by atoms with Crippen LogP contribution in [-0.2, 0) is 23.9 Å². The minimum absolute atomic E-state index is 0.104. The first-order chi connectivity index (χ1) is 12.6. The number of ether oxygens (including phenoxy) is 2. The molecule has 0 unspecified atom stereocenters. The number of hydrogen-bond donors (Lipinski definition) is 0. The quantitative estimate of drug-likeness (QED) is 0.397. The largest absolute Gasteiger partial charge is 0.464 e. The summed E-state index contributed by atoms with van der Waals surface area (Å²) in [4.78, 5) is 36.6. The maximum absolute atomic E-state index is 12.7. The zero-order valence-electron chi connectivity index (χ0n) is 16.1. The van der Waals surface area contributed by atoms with Gasteiger partial charge in [0.25, 0.3) is 0 Å². The Kier molecular flexibility index (Phi) is 6.26. The van der Waals surface area contributed by atoms with Crippen molar-refractivity contribution in [3.8, 4) is 0 Å². The highest BCUT2D eigenvalue weighted by molar-refractivity contribution is 6.49. The van der Waals surface area contributed by atoms with E-state index in [1.165, 1.54) is 19.3 Å². The first-order valence-electron chi connectivity index (χ1n) is 8.74. The SMILES string of the molecule is CC[C@@H](C)/C=C(C)/C=C\C1=CC2=C(Cl)C(=O)[C@@](C)(OC(C)=O)C(=O)C2=CO1. The van der Waals surface area contributed by atoms with Crippen LogP contribution in [0.5, 0.6) is 0 Å². The van der Waals surface area contributed by atoms with Crippen LogP contribution in [0.3, 0.4) is 0 Å². The molecule has 27 heavy (non-hydrogen) atoms. The number of halogens is 1. The van der Waals surface area contributed by atoms with Crippen LogP contribution < -0.4 is 0 Å². The summed E-state index contributed by atoms with van der Waals surface area (Å²) in [6.07, 6.45) is 9.60. The molecule has 1 heterocycles. The lowest BCUT2D eigenvalue weighted by Gasteiger charge is -2.32. The van der Waals surface area contributed by atoms with E-state index in [2.05, 4.69) is 19.9 Å². The zero-order valence-corrected chi connectivity index (χ0v) is 16.8. The van der Waals surface area contributed by atoms with Gasteiger partial charge in [-0.05, 0) is 31.9 Å². The maximum atomic E-state index is 12.7. The summed E-state index contributed by atoms with van der Waals surface area (Å²) in [6.45, 7) is 8.60. The monoisotopic (exact) mass is 390 g/mol. The molecule has 0 fully saturated rings. The molecule has 0 aromatic heterocycles. The molecule has 0 bridgehead atoms. The predicted octanol–water partition coefficient (Wildman–Crippen LogP) is 4.30. The van der Waals surface area contributed by atoms with Crippen LogP contribution in [0.15, 0.2) is 58.1 Å². The lowest BCUT2D eigenvalue weighted by Crippen LogP contribution is -2.51. The summed E-state index contributed by atoms with van der Waals surface area (Å²) < 4.78 is 10.5. The van der Waals surface area contributed by atoms with Crippen LogP contribution in [-0.4, -0.2) is 23.1 Å². The molecule has 0 radical (unpaired) electrons. The topological polar surface area (TPSA) is 69.7 Å². The fourth-order valence-electron chi connectivity index (χ4n) is 2.80. The Labute approximate surface area is 164 Å². The molecular formula is C21H23ClO5. The highest BCUT2D eigenvalue weighted by Gasteiger charge is 2.52. The van der Waals surface area contributed by atoms with E-state index in [1.807, 2.05) is 13.0 Å². The first kappa shape index (κ1) is 20.9. The number of allylic oxidation sites excluding steroid dienone is 6. The standard InChI is InChI=1S/C21H23ClO5/c1-6-12(2)9-13(3)7-8-15-10-16-17(11-26-15)19(24)21(5,27-14(4)23)20(25)18(16)22/h7-12H,6H2,1-5H3/b8-7-,13-9+/t12-,21+/m1/s1. The Balaban J connectivity index is 2.36. The van der Waals surface area contributed by atoms with E-state index in [4.69, 9.17) is 21.1 Å². The molecule has 144 valence electrons. The summed E-state index contributed by atoms with van der Waals surface area (Å²) in [7, 11) is 0. The Morgan fingerprint density at radius 2 is 2.00 bits per heavy atom. The van der Waals surface area contributed by atoms with E-state index in [-0.39, 0.29) is 16.2 Å². The summed E-state index contributed by atoms with van der Waals surface area (Å²) in [5.74, 6) is -1.24. The van der Waals surface area contributed by atoms with Gasteiger partial charge >= 0.3 is 5.97 Å². The molecule has 0 aromatic rings. The Hall–Kier alpha value is -2.40. The third kappa shape index (κ3) is 4.30. The van der Waals surface area contributed by atoms with Crippen LogP contribution in [0.2, 0.25) is 0 Å². The van der Waals surface area contributed by atoms with Gasteiger partial charge in [-0.2, -0.15) is 0 Å². The fraction of sp³-hybridized carbons (Fsp3) is 0.381. The second-order valence-corrected chi connectivity index (χ2v) is 7.22. The normalized spacial score (nSPS) is 24.3. The van der Waals surface area contributed by atoms with E-state index in [9.17, 15) is 14.4 Å². The fourth-order valence-corrected chi connectivity index (χ4v) is 3.13. The molecule has 0 spiro atoms. The Morgan fingerprint density at radius 3 is 2.59 bits per heavy atom. The number of ketones is 2. The van der Waals surface area contributed by atoms with Crippen molar-refractivity contribution in [1.82, 2.24) is 0 Å². The van der Waals surface area contributed by atoms with Crippen molar-refractivity contribution in [2.75, 3.05) is 0 Å². The highest BCUT2D eigenvalue weighted by atomic mass is 35.5. The number of fused-ring (bicyclic) bond motifs is 1. The number of carbonyl (C=O) groups excluding carboxylic acids is 3. The summed E-state index contributed by atoms with van der Waals surface area (Å²) in [6, 6.07) is 0. The molecule has 2 rings (SSSR count). The highest BCUT2D eigenvalue weighted by Crippen LogP contribution is 2.38. The van der Waals surface area contributed by atoms with Gasteiger partial charge in [0, 0.05) is 12.5 Å². The van der Waals surface area contributed by atoms with E-state index in [0.29, 0.717) is 11.7 Å². The van der Waals surface area contributed by atoms with E-state index < -0.39 is 23.1 Å². The number of Topliss-reactive ketones (excluding diaryl/α,β-unsaturated/α-hetero) is 2. The number of rotatable bonds is 5. The summed E-state index contributed by atoms with van der Waals surface area (Å²) >= 11 is 6.20. The number of esters is 1. The van der Waals surface area contributed by atoms with Gasteiger partial charge in [0.1, 0.15) is 12.0 Å². The number of hydrogen-bond acceptors (Lipinski definition) is 5.